The Balaban J connectivity index is 2.13. The van der Waals surface area contributed by atoms with Crippen molar-refractivity contribution in [2.45, 2.75) is 25.4 Å². The van der Waals surface area contributed by atoms with Crippen molar-refractivity contribution in [3.05, 3.63) is 30.7 Å². The van der Waals surface area contributed by atoms with Crippen molar-refractivity contribution in [2.24, 2.45) is 0 Å². The Labute approximate surface area is 95.4 Å². The number of nitrogens with zero attached hydrogens (tertiary/aromatic N) is 3. The molecular weight excluding hydrogens is 226 g/mol. The Morgan fingerprint density at radius 3 is 3.00 bits per heavy atom. The van der Waals surface area contributed by atoms with Crippen LogP contribution in [0.3, 0.4) is 0 Å². The van der Waals surface area contributed by atoms with Gasteiger partial charge < -0.3 is 4.57 Å². The quantitative estimate of drug-likeness (QED) is 0.784. The largest absolute Gasteiger partial charge is 0.336 e. The maximum Gasteiger partial charge on any atom is 0.235 e. The fraction of sp³-hybridized carbons (Fsp3) is 0.500. The third-order valence-corrected chi connectivity index (χ3v) is 4.40. The number of hydrogen-bond acceptors (Lipinski definition) is 3. The minimum Gasteiger partial charge on any atom is -0.336 e. The van der Waals surface area contributed by atoms with E-state index in [-0.39, 0.29) is 6.04 Å². The van der Waals surface area contributed by atoms with E-state index >= 15 is 0 Å². The summed E-state index contributed by atoms with van der Waals surface area (Å²) in [5, 5.41) is 1.03. The highest BCUT2D eigenvalue weighted by molar-refractivity contribution is 7.92. The first-order valence-electron chi connectivity index (χ1n) is 5.23. The third-order valence-electron chi connectivity index (χ3n) is 2.84. The molecule has 0 bridgehead atoms. The van der Waals surface area contributed by atoms with Crippen LogP contribution in [0, 0.1) is 0 Å². The SMILES string of the molecule is C=CS(=O)(=O)N1CCC[C@@H]1Cn1ccnc1. The monoisotopic (exact) mass is 241 g/mol. The summed E-state index contributed by atoms with van der Waals surface area (Å²) in [7, 11) is -3.29. The molecule has 0 saturated carbocycles. The number of rotatable bonds is 4. The van der Waals surface area contributed by atoms with E-state index in [1.807, 2.05) is 10.8 Å². The lowest BCUT2D eigenvalue weighted by Crippen LogP contribution is -2.36. The highest BCUT2D eigenvalue weighted by atomic mass is 32.2. The predicted octanol–water partition coefficient (Wildman–Crippen LogP) is 0.821. The van der Waals surface area contributed by atoms with Crippen molar-refractivity contribution in [3.8, 4) is 0 Å². The summed E-state index contributed by atoms with van der Waals surface area (Å²) in [6.45, 7) is 4.61. The predicted molar refractivity (Wildman–Crippen MR) is 61.1 cm³/mol. The average Bonchev–Trinajstić information content (AvgIpc) is 2.89. The standard InChI is InChI=1S/C10H15N3O2S/c1-2-16(14,15)13-6-3-4-10(13)8-12-7-5-11-9-12/h2,5,7,9-10H,1,3-4,6,8H2/t10-/m1/s1. The molecule has 0 spiro atoms. The van der Waals surface area contributed by atoms with Gasteiger partial charge in [0.1, 0.15) is 0 Å². The number of hydrogen-bond donors (Lipinski definition) is 0. The summed E-state index contributed by atoms with van der Waals surface area (Å²) in [5.41, 5.74) is 0. The molecule has 0 aromatic carbocycles. The third kappa shape index (κ3) is 2.17. The van der Waals surface area contributed by atoms with Crippen LogP contribution in [0.5, 0.6) is 0 Å². The van der Waals surface area contributed by atoms with Gasteiger partial charge in [0.15, 0.2) is 0 Å². The molecule has 88 valence electrons. The van der Waals surface area contributed by atoms with Crippen LogP contribution < -0.4 is 0 Å². The molecule has 2 rings (SSSR count). The van der Waals surface area contributed by atoms with Crippen molar-refractivity contribution >= 4 is 10.0 Å². The molecule has 0 aliphatic carbocycles. The van der Waals surface area contributed by atoms with E-state index in [9.17, 15) is 8.42 Å². The van der Waals surface area contributed by atoms with Crippen LogP contribution in [0.25, 0.3) is 0 Å². The molecule has 0 unspecified atom stereocenters. The molecule has 0 radical (unpaired) electrons. The summed E-state index contributed by atoms with van der Waals surface area (Å²) >= 11 is 0. The fourth-order valence-electron chi connectivity index (χ4n) is 2.06. The summed E-state index contributed by atoms with van der Waals surface area (Å²) in [5.74, 6) is 0. The smallest absolute Gasteiger partial charge is 0.235 e. The molecule has 1 aliphatic rings. The van der Waals surface area contributed by atoms with Crippen molar-refractivity contribution in [3.63, 3.8) is 0 Å². The van der Waals surface area contributed by atoms with E-state index in [2.05, 4.69) is 11.6 Å². The van der Waals surface area contributed by atoms with Gasteiger partial charge in [-0.05, 0) is 12.8 Å². The molecule has 1 fully saturated rings. The van der Waals surface area contributed by atoms with Gasteiger partial charge in [-0.25, -0.2) is 13.4 Å². The fourth-order valence-corrected chi connectivity index (χ4v) is 3.22. The summed E-state index contributed by atoms with van der Waals surface area (Å²) in [6.07, 6.45) is 7.05. The van der Waals surface area contributed by atoms with Crippen LogP contribution in [-0.4, -0.2) is 34.9 Å². The second-order valence-electron chi connectivity index (χ2n) is 3.88. The molecule has 1 aromatic heterocycles. The molecule has 2 heterocycles. The van der Waals surface area contributed by atoms with Crippen LogP contribution >= 0.6 is 0 Å². The minimum atomic E-state index is -3.29. The van der Waals surface area contributed by atoms with Crippen LogP contribution in [-0.2, 0) is 16.6 Å². The van der Waals surface area contributed by atoms with Crippen molar-refractivity contribution in [1.29, 1.82) is 0 Å². The Bertz CT molecular complexity index is 452. The molecule has 1 aromatic rings. The van der Waals surface area contributed by atoms with Crippen LogP contribution in [0.4, 0.5) is 0 Å². The summed E-state index contributed by atoms with van der Waals surface area (Å²) in [4.78, 5) is 3.95. The average molecular weight is 241 g/mol. The van der Waals surface area contributed by atoms with Crippen LogP contribution in [0.1, 0.15) is 12.8 Å². The van der Waals surface area contributed by atoms with Gasteiger partial charge >= 0.3 is 0 Å². The lowest BCUT2D eigenvalue weighted by molar-refractivity contribution is 0.356. The van der Waals surface area contributed by atoms with E-state index in [4.69, 9.17) is 0 Å². The van der Waals surface area contributed by atoms with Gasteiger partial charge in [-0.1, -0.05) is 6.58 Å². The van der Waals surface area contributed by atoms with Gasteiger partial charge in [-0.2, -0.15) is 4.31 Å². The second-order valence-corrected chi connectivity index (χ2v) is 5.71. The minimum absolute atomic E-state index is 0.0252. The lowest BCUT2D eigenvalue weighted by atomic mass is 10.2. The Hall–Kier alpha value is -1.14. The Morgan fingerprint density at radius 2 is 2.38 bits per heavy atom. The molecule has 1 aliphatic heterocycles. The normalized spacial score (nSPS) is 22.4. The highest BCUT2D eigenvalue weighted by Gasteiger charge is 2.32. The highest BCUT2D eigenvalue weighted by Crippen LogP contribution is 2.22. The van der Waals surface area contributed by atoms with Gasteiger partial charge in [-0.3, -0.25) is 0 Å². The molecule has 16 heavy (non-hydrogen) atoms. The zero-order valence-electron chi connectivity index (χ0n) is 8.99. The molecular formula is C10H15N3O2S. The first-order valence-corrected chi connectivity index (χ1v) is 6.74. The maximum absolute atomic E-state index is 11.7. The van der Waals surface area contributed by atoms with Gasteiger partial charge in [-0.15, -0.1) is 0 Å². The second kappa shape index (κ2) is 4.39. The molecule has 1 atom stereocenters. The first-order chi connectivity index (χ1) is 7.63. The van der Waals surface area contributed by atoms with Crippen LogP contribution in [0.15, 0.2) is 30.7 Å². The molecule has 5 nitrogen and oxygen atoms in total. The molecule has 1 saturated heterocycles. The molecule has 6 heteroatoms. The van der Waals surface area contributed by atoms with E-state index in [1.165, 1.54) is 4.31 Å². The molecule has 0 N–H and O–H groups in total. The van der Waals surface area contributed by atoms with Crippen LogP contribution in [0.2, 0.25) is 0 Å². The first kappa shape index (κ1) is 11.3. The summed E-state index contributed by atoms with van der Waals surface area (Å²) < 4.78 is 26.9. The van der Waals surface area contributed by atoms with E-state index < -0.39 is 10.0 Å². The zero-order valence-corrected chi connectivity index (χ0v) is 9.81. The van der Waals surface area contributed by atoms with Gasteiger partial charge in [0.2, 0.25) is 10.0 Å². The van der Waals surface area contributed by atoms with E-state index in [0.717, 1.165) is 18.2 Å². The maximum atomic E-state index is 11.7. The van der Waals surface area contributed by atoms with Gasteiger partial charge in [0, 0.05) is 36.9 Å². The Morgan fingerprint density at radius 1 is 1.56 bits per heavy atom. The number of imidazole rings is 1. The lowest BCUT2D eigenvalue weighted by Gasteiger charge is -2.22. The van der Waals surface area contributed by atoms with E-state index in [1.54, 1.807) is 12.5 Å². The van der Waals surface area contributed by atoms with Crippen molar-refractivity contribution in [2.75, 3.05) is 6.54 Å². The van der Waals surface area contributed by atoms with Gasteiger partial charge in [0.05, 0.1) is 6.33 Å². The van der Waals surface area contributed by atoms with E-state index in [0.29, 0.717) is 13.1 Å². The molecule has 0 amide bonds. The number of sulfonamides is 1. The van der Waals surface area contributed by atoms with Crippen molar-refractivity contribution < 1.29 is 8.42 Å². The topological polar surface area (TPSA) is 55.2 Å². The zero-order chi connectivity index (χ0) is 11.6. The Kier molecular flexibility index (Phi) is 3.11. The van der Waals surface area contributed by atoms with Crippen molar-refractivity contribution in [1.82, 2.24) is 13.9 Å². The summed E-state index contributed by atoms with van der Waals surface area (Å²) in [6, 6.07) is 0.0252. The van der Waals surface area contributed by atoms with Gasteiger partial charge in [0.25, 0.3) is 0 Å². The number of aromatic nitrogens is 2.